The van der Waals surface area contributed by atoms with Crippen molar-refractivity contribution in [1.29, 1.82) is 0 Å². The number of nitrogens with two attached hydrogens (primary N) is 1. The van der Waals surface area contributed by atoms with Gasteiger partial charge in [-0.05, 0) is 36.3 Å². The molecule has 3 N–H and O–H groups in total. The van der Waals surface area contributed by atoms with E-state index in [0.29, 0.717) is 37.4 Å². The Morgan fingerprint density at radius 2 is 2.00 bits per heavy atom. The van der Waals surface area contributed by atoms with E-state index in [4.69, 9.17) is 5.73 Å². The lowest BCUT2D eigenvalue weighted by molar-refractivity contribution is -0.141. The third-order valence-corrected chi connectivity index (χ3v) is 5.58. The normalized spacial score (nSPS) is 23.3. The number of nitrogens with one attached hydrogen (secondary N) is 1. The quantitative estimate of drug-likeness (QED) is 0.831. The largest absolute Gasteiger partial charge is 0.357 e. The van der Waals surface area contributed by atoms with Crippen LogP contribution in [0, 0.1) is 5.92 Å². The first-order chi connectivity index (χ1) is 11.7. The zero-order chi connectivity index (χ0) is 16.5. The summed E-state index contributed by atoms with van der Waals surface area (Å²) < 4.78 is 0. The molecule has 0 spiro atoms. The number of amides is 1. The number of aromatic nitrogens is 1. The molecule has 2 atom stereocenters. The number of aromatic amines is 1. The predicted octanol–water partition coefficient (Wildman–Crippen LogP) is 2.78. The second kappa shape index (κ2) is 9.09. The topological polar surface area (TPSA) is 65.4 Å². The van der Waals surface area contributed by atoms with Gasteiger partial charge in [0.2, 0.25) is 5.91 Å². The first-order valence-corrected chi connectivity index (χ1v) is 9.03. The van der Waals surface area contributed by atoms with Gasteiger partial charge in [0.25, 0.3) is 0 Å². The highest BCUT2D eigenvalue weighted by molar-refractivity contribution is 5.85. The van der Waals surface area contributed by atoms with E-state index in [-0.39, 0.29) is 24.8 Å². The molecule has 3 heterocycles. The summed E-state index contributed by atoms with van der Waals surface area (Å²) in [5.41, 5.74) is 8.19. The number of para-hydroxylation sites is 1. The van der Waals surface area contributed by atoms with Gasteiger partial charge in [-0.3, -0.25) is 9.69 Å². The summed E-state index contributed by atoms with van der Waals surface area (Å²) in [6.07, 6.45) is 2.77. The summed E-state index contributed by atoms with van der Waals surface area (Å²) >= 11 is 0. The maximum absolute atomic E-state index is 12.2. The van der Waals surface area contributed by atoms with Crippen molar-refractivity contribution < 1.29 is 4.79 Å². The number of piperidine rings is 2. The number of nitrogens with zero attached hydrogens (tertiary/aromatic N) is 2. The monoisotopic (exact) mass is 398 g/mol. The maximum atomic E-state index is 12.2. The van der Waals surface area contributed by atoms with Crippen molar-refractivity contribution in [3.05, 3.63) is 36.0 Å². The summed E-state index contributed by atoms with van der Waals surface area (Å²) in [5.74, 6) is 0.887. The molecule has 1 aromatic heterocycles. The lowest BCUT2D eigenvalue weighted by Gasteiger charge is -2.47. The number of halogens is 2. The van der Waals surface area contributed by atoms with Crippen molar-refractivity contribution in [2.45, 2.75) is 31.8 Å². The first-order valence-electron chi connectivity index (χ1n) is 9.03. The van der Waals surface area contributed by atoms with Crippen LogP contribution < -0.4 is 5.73 Å². The molecule has 0 saturated carbocycles. The second-order valence-electron chi connectivity index (χ2n) is 7.15. The Bertz CT molecular complexity index is 702. The van der Waals surface area contributed by atoms with Gasteiger partial charge in [-0.15, -0.1) is 24.8 Å². The third-order valence-electron chi connectivity index (χ3n) is 5.58. The number of benzene rings is 1. The van der Waals surface area contributed by atoms with Crippen LogP contribution in [-0.4, -0.2) is 52.9 Å². The Hall–Kier alpha value is -1.27. The highest BCUT2D eigenvalue weighted by Gasteiger charge is 2.38. The fraction of sp³-hybridized carbons (Fsp3) is 0.526. The summed E-state index contributed by atoms with van der Waals surface area (Å²) in [6.45, 7) is 4.36. The van der Waals surface area contributed by atoms with Gasteiger partial charge in [0, 0.05) is 56.4 Å². The van der Waals surface area contributed by atoms with E-state index in [1.54, 1.807) is 0 Å². The molecule has 2 fully saturated rings. The van der Waals surface area contributed by atoms with Crippen LogP contribution in [0.4, 0.5) is 0 Å². The van der Waals surface area contributed by atoms with Crippen molar-refractivity contribution in [3.63, 3.8) is 0 Å². The van der Waals surface area contributed by atoms with Crippen LogP contribution in [0.5, 0.6) is 0 Å². The molecule has 0 radical (unpaired) electrons. The molecule has 0 unspecified atom stereocenters. The molecule has 1 aromatic carbocycles. The van der Waals surface area contributed by atoms with Crippen molar-refractivity contribution in [2.75, 3.05) is 26.2 Å². The van der Waals surface area contributed by atoms with Crippen molar-refractivity contribution in [3.8, 4) is 0 Å². The number of H-pyrrole nitrogens is 1. The minimum atomic E-state index is 0. The molecule has 26 heavy (non-hydrogen) atoms. The molecule has 2 saturated heterocycles. The SMILES string of the molecule is Cl.Cl.NCCN1C(=O)CC[C@H]2CN(Cc3cc4ccccc4[nH]3)CC[C@H]21. The van der Waals surface area contributed by atoms with Crippen LogP contribution in [0.25, 0.3) is 10.9 Å². The van der Waals surface area contributed by atoms with Gasteiger partial charge in [-0.25, -0.2) is 0 Å². The number of fused-ring (bicyclic) bond motifs is 2. The number of carbonyl (C=O) groups is 1. The molecular formula is C19H28Cl2N4O. The first kappa shape index (κ1) is 21.0. The molecule has 4 rings (SSSR count). The summed E-state index contributed by atoms with van der Waals surface area (Å²) in [7, 11) is 0. The van der Waals surface area contributed by atoms with E-state index in [1.165, 1.54) is 16.6 Å². The molecule has 7 heteroatoms. The van der Waals surface area contributed by atoms with Crippen LogP contribution in [0.3, 0.4) is 0 Å². The van der Waals surface area contributed by atoms with Crippen LogP contribution in [0.1, 0.15) is 25.0 Å². The highest BCUT2D eigenvalue weighted by atomic mass is 35.5. The maximum Gasteiger partial charge on any atom is 0.222 e. The number of hydrogen-bond acceptors (Lipinski definition) is 3. The fourth-order valence-corrected chi connectivity index (χ4v) is 4.46. The van der Waals surface area contributed by atoms with E-state index in [2.05, 4.69) is 45.1 Å². The molecule has 2 aliphatic heterocycles. The van der Waals surface area contributed by atoms with E-state index in [0.717, 1.165) is 32.5 Å². The number of carbonyl (C=O) groups excluding carboxylic acids is 1. The average Bonchev–Trinajstić information content (AvgIpc) is 3.00. The predicted molar refractivity (Wildman–Crippen MR) is 110 cm³/mol. The smallest absolute Gasteiger partial charge is 0.222 e. The Labute approximate surface area is 167 Å². The van der Waals surface area contributed by atoms with Gasteiger partial charge in [0.15, 0.2) is 0 Å². The van der Waals surface area contributed by atoms with Crippen molar-refractivity contribution in [1.82, 2.24) is 14.8 Å². The molecule has 0 aliphatic carbocycles. The van der Waals surface area contributed by atoms with Crippen LogP contribution in [0.2, 0.25) is 0 Å². The molecule has 5 nitrogen and oxygen atoms in total. The van der Waals surface area contributed by atoms with E-state index in [9.17, 15) is 4.79 Å². The molecular weight excluding hydrogens is 371 g/mol. The molecule has 144 valence electrons. The van der Waals surface area contributed by atoms with Gasteiger partial charge in [0.1, 0.15) is 0 Å². The number of likely N-dealkylation sites (tertiary alicyclic amines) is 2. The molecule has 2 aliphatic rings. The highest BCUT2D eigenvalue weighted by Crippen LogP contribution is 2.31. The number of rotatable bonds is 4. The van der Waals surface area contributed by atoms with Gasteiger partial charge < -0.3 is 15.6 Å². The lowest BCUT2D eigenvalue weighted by atomic mass is 9.83. The van der Waals surface area contributed by atoms with Crippen molar-refractivity contribution in [2.24, 2.45) is 11.7 Å². The third kappa shape index (κ3) is 4.17. The lowest BCUT2D eigenvalue weighted by Crippen LogP contribution is -2.56. The minimum Gasteiger partial charge on any atom is -0.357 e. The van der Waals surface area contributed by atoms with Gasteiger partial charge in [-0.2, -0.15) is 0 Å². The van der Waals surface area contributed by atoms with Gasteiger partial charge in [0.05, 0.1) is 0 Å². The zero-order valence-electron chi connectivity index (χ0n) is 14.9. The average molecular weight is 399 g/mol. The Morgan fingerprint density at radius 3 is 2.77 bits per heavy atom. The van der Waals surface area contributed by atoms with Crippen molar-refractivity contribution >= 4 is 41.6 Å². The van der Waals surface area contributed by atoms with Gasteiger partial charge in [-0.1, -0.05) is 18.2 Å². The van der Waals surface area contributed by atoms with Crippen LogP contribution in [-0.2, 0) is 11.3 Å². The number of hydrogen-bond donors (Lipinski definition) is 2. The fourth-order valence-electron chi connectivity index (χ4n) is 4.46. The van der Waals surface area contributed by atoms with E-state index in [1.807, 2.05) is 0 Å². The van der Waals surface area contributed by atoms with Crippen LogP contribution >= 0.6 is 24.8 Å². The molecule has 2 aromatic rings. The summed E-state index contributed by atoms with van der Waals surface area (Å²) in [4.78, 5) is 20.3. The Balaban J connectivity index is 0.00000121. The van der Waals surface area contributed by atoms with E-state index >= 15 is 0 Å². The zero-order valence-corrected chi connectivity index (χ0v) is 16.5. The minimum absolute atomic E-state index is 0. The molecule has 0 bridgehead atoms. The van der Waals surface area contributed by atoms with E-state index < -0.39 is 0 Å². The Kier molecular flexibility index (Phi) is 7.35. The summed E-state index contributed by atoms with van der Waals surface area (Å²) in [5, 5.41) is 1.28. The van der Waals surface area contributed by atoms with Crippen LogP contribution in [0.15, 0.2) is 30.3 Å². The second-order valence-corrected chi connectivity index (χ2v) is 7.15. The molecule has 1 amide bonds. The Morgan fingerprint density at radius 1 is 1.19 bits per heavy atom. The van der Waals surface area contributed by atoms with Gasteiger partial charge >= 0.3 is 0 Å². The summed E-state index contributed by atoms with van der Waals surface area (Å²) in [6, 6.07) is 11.1. The standard InChI is InChI=1S/C19H26N4O.2ClH/c20-8-10-23-18-7-9-22(12-15(18)5-6-19(23)24)13-16-11-14-3-1-2-4-17(14)21-16;;/h1-4,11,15,18,21H,5-10,12-13,20H2;2*1H/t15-,18+;;/m0../s1.